The first-order valence-corrected chi connectivity index (χ1v) is 8.60. The summed E-state index contributed by atoms with van der Waals surface area (Å²) in [6, 6.07) is 0. The highest BCUT2D eigenvalue weighted by Gasteiger charge is 2.15. The maximum absolute atomic E-state index is 3.83. The molecule has 0 unspecified atom stereocenters. The lowest BCUT2D eigenvalue weighted by Crippen LogP contribution is -3.00. The van der Waals surface area contributed by atoms with E-state index in [0.717, 1.165) is 19.8 Å². The van der Waals surface area contributed by atoms with Crippen LogP contribution >= 0.6 is 0 Å². The maximum atomic E-state index is 3.83. The fourth-order valence-electron chi connectivity index (χ4n) is 2.99. The third kappa shape index (κ3) is 7.36. The first-order valence-electron chi connectivity index (χ1n) is 8.60. The van der Waals surface area contributed by atoms with E-state index in [9.17, 15) is 0 Å². The largest absolute Gasteiger partial charge is 1.00 e. The Morgan fingerprint density at radius 3 is 2.35 bits per heavy atom. The number of halogens is 1. The third-order valence-electron chi connectivity index (χ3n) is 4.41. The zero-order chi connectivity index (χ0) is 15.6. The minimum Gasteiger partial charge on any atom is -1.00 e. The van der Waals surface area contributed by atoms with E-state index in [4.69, 9.17) is 0 Å². The van der Waals surface area contributed by atoms with Crippen molar-refractivity contribution in [3.8, 4) is 0 Å². The van der Waals surface area contributed by atoms with E-state index in [2.05, 4.69) is 40.0 Å². The van der Waals surface area contributed by atoms with Gasteiger partial charge in [0.15, 0.2) is 0 Å². The molecule has 23 heavy (non-hydrogen) atoms. The van der Waals surface area contributed by atoms with Crippen LogP contribution < -0.4 is 21.5 Å². The standard InChI is InChI=1S/C18H31N4.BrH/c1-3-19-13-15-21(17-19)11-9-7-5-6-8-10-12-22-16-14-20(4-2)18-22;/h3-4,13,15,17H,1-2,5-12,14,16,18H2;1H/q+1;/p-1. The van der Waals surface area contributed by atoms with Crippen LogP contribution in [0.25, 0.3) is 6.20 Å². The Hall–Kier alpha value is -1.07. The molecule has 0 aromatic carbocycles. The van der Waals surface area contributed by atoms with E-state index in [0.29, 0.717) is 0 Å². The van der Waals surface area contributed by atoms with Crippen LogP contribution in [0.3, 0.4) is 0 Å². The van der Waals surface area contributed by atoms with Crippen LogP contribution in [-0.2, 0) is 6.54 Å². The Balaban J connectivity index is 0.00000264. The summed E-state index contributed by atoms with van der Waals surface area (Å²) in [6.45, 7) is 13.4. The van der Waals surface area contributed by atoms with Crippen molar-refractivity contribution < 1.29 is 21.5 Å². The van der Waals surface area contributed by atoms with Crippen molar-refractivity contribution in [1.29, 1.82) is 0 Å². The number of rotatable bonds is 11. The summed E-state index contributed by atoms with van der Waals surface area (Å²) in [5.74, 6) is 0. The number of hydrogen-bond donors (Lipinski definition) is 0. The quantitative estimate of drug-likeness (QED) is 0.393. The minimum atomic E-state index is 0. The smallest absolute Gasteiger partial charge is 0.248 e. The van der Waals surface area contributed by atoms with Gasteiger partial charge in [-0.25, -0.2) is 9.13 Å². The zero-order valence-corrected chi connectivity index (χ0v) is 15.8. The number of imidazole rings is 1. The molecule has 5 heteroatoms. The lowest BCUT2D eigenvalue weighted by Gasteiger charge is -2.15. The summed E-state index contributed by atoms with van der Waals surface area (Å²) < 4.78 is 4.23. The topological polar surface area (TPSA) is 15.3 Å². The monoisotopic (exact) mass is 382 g/mol. The van der Waals surface area contributed by atoms with Crippen molar-refractivity contribution in [3.63, 3.8) is 0 Å². The molecular formula is C18H31BrN4. The minimum absolute atomic E-state index is 0. The molecule has 1 aliphatic heterocycles. The van der Waals surface area contributed by atoms with Crippen LogP contribution in [0.5, 0.6) is 0 Å². The molecule has 1 aromatic rings. The normalized spacial score (nSPS) is 14.7. The summed E-state index contributed by atoms with van der Waals surface area (Å²) in [5.41, 5.74) is 0. The highest BCUT2D eigenvalue weighted by molar-refractivity contribution is 5.12. The highest BCUT2D eigenvalue weighted by atomic mass is 79.9. The Bertz CT molecular complexity index is 458. The van der Waals surface area contributed by atoms with Crippen molar-refractivity contribution in [2.75, 3.05) is 26.3 Å². The Morgan fingerprint density at radius 2 is 1.70 bits per heavy atom. The van der Waals surface area contributed by atoms with Crippen LogP contribution in [0.2, 0.25) is 0 Å². The molecule has 0 spiro atoms. The molecular weight excluding hydrogens is 352 g/mol. The summed E-state index contributed by atoms with van der Waals surface area (Å²) in [7, 11) is 0. The molecule has 1 saturated heterocycles. The van der Waals surface area contributed by atoms with Crippen molar-refractivity contribution in [2.45, 2.75) is 45.1 Å². The van der Waals surface area contributed by atoms with E-state index in [-0.39, 0.29) is 17.0 Å². The van der Waals surface area contributed by atoms with Gasteiger partial charge in [0.25, 0.3) is 0 Å². The number of hydrogen-bond acceptors (Lipinski definition) is 2. The number of aryl methyl sites for hydroxylation is 1. The molecule has 4 nitrogen and oxygen atoms in total. The predicted molar refractivity (Wildman–Crippen MR) is 92.1 cm³/mol. The van der Waals surface area contributed by atoms with Gasteiger partial charge in [-0.05, 0) is 32.0 Å². The fraction of sp³-hybridized carbons (Fsp3) is 0.611. The van der Waals surface area contributed by atoms with Crippen molar-refractivity contribution in [1.82, 2.24) is 14.4 Å². The lowest BCUT2D eigenvalue weighted by atomic mass is 10.1. The predicted octanol–water partition coefficient (Wildman–Crippen LogP) is -0.0607. The van der Waals surface area contributed by atoms with Crippen molar-refractivity contribution in [2.24, 2.45) is 0 Å². The molecule has 2 rings (SSSR count). The molecule has 0 amide bonds. The zero-order valence-electron chi connectivity index (χ0n) is 14.2. The molecule has 0 bridgehead atoms. The van der Waals surface area contributed by atoms with Gasteiger partial charge in [0.1, 0.15) is 12.4 Å². The van der Waals surface area contributed by atoms with E-state index in [1.165, 1.54) is 51.6 Å². The van der Waals surface area contributed by atoms with Crippen molar-refractivity contribution >= 4 is 6.20 Å². The number of unbranched alkanes of at least 4 members (excludes halogenated alkanes) is 5. The molecule has 0 N–H and O–H groups in total. The summed E-state index contributed by atoms with van der Waals surface area (Å²) in [5, 5.41) is 0. The van der Waals surface area contributed by atoms with Crippen molar-refractivity contribution in [3.05, 3.63) is 38.1 Å². The van der Waals surface area contributed by atoms with Gasteiger partial charge in [-0.15, -0.1) is 0 Å². The second-order valence-electron chi connectivity index (χ2n) is 6.16. The van der Waals surface area contributed by atoms with E-state index >= 15 is 0 Å². The molecule has 2 heterocycles. The molecule has 1 aromatic heterocycles. The third-order valence-corrected chi connectivity index (χ3v) is 4.41. The van der Waals surface area contributed by atoms with E-state index in [1.807, 2.05) is 23.2 Å². The van der Waals surface area contributed by atoms with Gasteiger partial charge in [-0.3, -0.25) is 4.90 Å². The van der Waals surface area contributed by atoms with Crippen LogP contribution in [0.4, 0.5) is 0 Å². The molecule has 0 atom stereocenters. The molecule has 0 aliphatic carbocycles. The van der Waals surface area contributed by atoms with Crippen LogP contribution in [-0.4, -0.2) is 40.7 Å². The molecule has 1 aliphatic rings. The first kappa shape index (κ1) is 20.0. The number of aromatic nitrogens is 2. The molecule has 130 valence electrons. The van der Waals surface area contributed by atoms with Gasteiger partial charge in [0, 0.05) is 13.1 Å². The van der Waals surface area contributed by atoms with Gasteiger partial charge in [0.05, 0.1) is 19.4 Å². The maximum Gasteiger partial charge on any atom is 0.248 e. The lowest BCUT2D eigenvalue weighted by molar-refractivity contribution is -0.696. The van der Waals surface area contributed by atoms with E-state index in [1.54, 1.807) is 0 Å². The van der Waals surface area contributed by atoms with Gasteiger partial charge in [-0.1, -0.05) is 32.4 Å². The van der Waals surface area contributed by atoms with Gasteiger partial charge in [0.2, 0.25) is 6.33 Å². The Morgan fingerprint density at radius 1 is 0.957 bits per heavy atom. The summed E-state index contributed by atoms with van der Waals surface area (Å²) >= 11 is 0. The fourth-order valence-corrected chi connectivity index (χ4v) is 2.99. The second-order valence-corrected chi connectivity index (χ2v) is 6.16. The molecule has 0 saturated carbocycles. The average molecular weight is 383 g/mol. The Kier molecular flexibility index (Phi) is 9.96. The van der Waals surface area contributed by atoms with Crippen LogP contribution in [0, 0.1) is 0 Å². The SMILES string of the molecule is C=CN1CCN(CCCCCCCC[n+]2ccn(C=C)c2)C1.[Br-]. The van der Waals surface area contributed by atoms with Gasteiger partial charge in [-0.2, -0.15) is 0 Å². The van der Waals surface area contributed by atoms with Crippen LogP contribution in [0.1, 0.15) is 38.5 Å². The first-order chi connectivity index (χ1) is 10.8. The summed E-state index contributed by atoms with van der Waals surface area (Å²) in [6.07, 6.45) is 18.1. The van der Waals surface area contributed by atoms with Crippen LogP contribution in [0.15, 0.2) is 38.1 Å². The Labute approximate surface area is 151 Å². The van der Waals surface area contributed by atoms with Gasteiger partial charge >= 0.3 is 0 Å². The summed E-state index contributed by atoms with van der Waals surface area (Å²) in [4.78, 5) is 4.82. The van der Waals surface area contributed by atoms with Gasteiger partial charge < -0.3 is 21.9 Å². The second kappa shape index (κ2) is 11.5. The average Bonchev–Trinajstić information content (AvgIpc) is 3.18. The molecule has 0 radical (unpaired) electrons. The number of nitrogens with zero attached hydrogens (tertiary/aromatic N) is 4. The molecule has 1 fully saturated rings. The van der Waals surface area contributed by atoms with E-state index < -0.39 is 0 Å². The highest BCUT2D eigenvalue weighted by Crippen LogP contribution is 2.09.